The molecule has 84 valence electrons. The molecule has 1 saturated heterocycles. The summed E-state index contributed by atoms with van der Waals surface area (Å²) < 4.78 is 7.43. The van der Waals surface area contributed by atoms with Gasteiger partial charge in [-0.3, -0.25) is 4.68 Å². The molecule has 0 bridgehead atoms. The molecule has 5 nitrogen and oxygen atoms in total. The summed E-state index contributed by atoms with van der Waals surface area (Å²) in [7, 11) is 0. The molecular weight excluding hydrogens is 192 g/mol. The Bertz CT molecular complexity index is 293. The Kier molecular flexibility index (Phi) is 3.58. The Hall–Kier alpha value is -1.07. The van der Waals surface area contributed by atoms with Gasteiger partial charge in [0, 0.05) is 12.6 Å². The summed E-state index contributed by atoms with van der Waals surface area (Å²) in [5, 5.41) is 7.53. The van der Waals surface area contributed by atoms with Gasteiger partial charge in [0.15, 0.2) is 5.75 Å². The average molecular weight is 210 g/mol. The third kappa shape index (κ3) is 2.94. The van der Waals surface area contributed by atoms with E-state index in [0.29, 0.717) is 12.6 Å². The lowest BCUT2D eigenvalue weighted by Crippen LogP contribution is -2.28. The van der Waals surface area contributed by atoms with Gasteiger partial charge in [0.25, 0.3) is 0 Å². The average Bonchev–Trinajstić information content (AvgIpc) is 2.85. The molecule has 15 heavy (non-hydrogen) atoms. The van der Waals surface area contributed by atoms with Gasteiger partial charge in [-0.25, -0.2) is 0 Å². The summed E-state index contributed by atoms with van der Waals surface area (Å²) in [5.41, 5.74) is 5.43. The number of ether oxygens (including phenoxy) is 1. The molecule has 1 fully saturated rings. The van der Waals surface area contributed by atoms with E-state index in [4.69, 9.17) is 10.5 Å². The van der Waals surface area contributed by atoms with Gasteiger partial charge in [0.2, 0.25) is 0 Å². The zero-order valence-corrected chi connectivity index (χ0v) is 8.85. The van der Waals surface area contributed by atoms with E-state index < -0.39 is 0 Å². The van der Waals surface area contributed by atoms with Crippen molar-refractivity contribution < 1.29 is 4.74 Å². The van der Waals surface area contributed by atoms with Crippen molar-refractivity contribution in [3.63, 3.8) is 0 Å². The van der Waals surface area contributed by atoms with E-state index in [0.717, 1.165) is 25.4 Å². The van der Waals surface area contributed by atoms with E-state index in [9.17, 15) is 0 Å². The van der Waals surface area contributed by atoms with Crippen LogP contribution in [0.25, 0.3) is 0 Å². The van der Waals surface area contributed by atoms with Crippen molar-refractivity contribution in [3.05, 3.63) is 12.4 Å². The van der Waals surface area contributed by atoms with E-state index >= 15 is 0 Å². The Morgan fingerprint density at radius 1 is 1.67 bits per heavy atom. The van der Waals surface area contributed by atoms with Crippen LogP contribution in [-0.2, 0) is 6.54 Å². The van der Waals surface area contributed by atoms with Crippen molar-refractivity contribution in [1.82, 2.24) is 15.1 Å². The molecular formula is C10H18N4O. The highest BCUT2D eigenvalue weighted by Crippen LogP contribution is 2.11. The second-order valence-electron chi connectivity index (χ2n) is 3.83. The lowest BCUT2D eigenvalue weighted by atomic mass is 10.2. The van der Waals surface area contributed by atoms with Crippen LogP contribution >= 0.6 is 0 Å². The first-order chi connectivity index (χ1) is 7.38. The lowest BCUT2D eigenvalue weighted by Gasteiger charge is -2.09. The summed E-state index contributed by atoms with van der Waals surface area (Å²) >= 11 is 0. The second kappa shape index (κ2) is 5.14. The zero-order chi connectivity index (χ0) is 10.5. The first-order valence-electron chi connectivity index (χ1n) is 5.47. The number of nitrogens with one attached hydrogen (secondary N) is 1. The van der Waals surface area contributed by atoms with Crippen molar-refractivity contribution in [2.24, 2.45) is 5.73 Å². The molecule has 1 aliphatic rings. The van der Waals surface area contributed by atoms with Gasteiger partial charge in [-0.1, -0.05) is 0 Å². The highest BCUT2D eigenvalue weighted by molar-refractivity contribution is 5.11. The largest absolute Gasteiger partial charge is 0.489 e. The summed E-state index contributed by atoms with van der Waals surface area (Å²) in [6.07, 6.45) is 6.09. The molecule has 1 atom stereocenters. The van der Waals surface area contributed by atoms with Crippen LogP contribution in [0.2, 0.25) is 0 Å². The van der Waals surface area contributed by atoms with Crippen molar-refractivity contribution >= 4 is 0 Å². The van der Waals surface area contributed by atoms with E-state index in [1.54, 1.807) is 10.9 Å². The maximum atomic E-state index is 5.63. The molecule has 2 rings (SSSR count). The van der Waals surface area contributed by atoms with Gasteiger partial charge < -0.3 is 15.8 Å². The number of hydrogen-bond acceptors (Lipinski definition) is 4. The quantitative estimate of drug-likeness (QED) is 0.716. The van der Waals surface area contributed by atoms with Gasteiger partial charge in [-0.15, -0.1) is 0 Å². The van der Waals surface area contributed by atoms with Gasteiger partial charge in [-0.05, 0) is 19.4 Å². The molecule has 5 heteroatoms. The monoisotopic (exact) mass is 210 g/mol. The molecule has 1 aromatic heterocycles. The minimum absolute atomic E-state index is 0.503. The second-order valence-corrected chi connectivity index (χ2v) is 3.83. The minimum atomic E-state index is 0.503. The van der Waals surface area contributed by atoms with Crippen LogP contribution in [0.4, 0.5) is 0 Å². The van der Waals surface area contributed by atoms with Crippen LogP contribution in [0, 0.1) is 0 Å². The Labute approximate surface area is 89.6 Å². The standard InChI is InChI=1S/C10H18N4O/c11-3-5-14-7-10(6-13-14)15-8-9-2-1-4-12-9/h6-7,9,12H,1-5,8,11H2. The fourth-order valence-electron chi connectivity index (χ4n) is 1.77. The molecule has 1 aromatic rings. The summed E-state index contributed by atoms with van der Waals surface area (Å²) in [4.78, 5) is 0. The molecule has 0 spiro atoms. The molecule has 0 aromatic carbocycles. The molecule has 0 saturated carbocycles. The van der Waals surface area contributed by atoms with Gasteiger partial charge in [0.1, 0.15) is 6.61 Å². The molecule has 0 amide bonds. The highest BCUT2D eigenvalue weighted by atomic mass is 16.5. The van der Waals surface area contributed by atoms with Crippen molar-refractivity contribution in [3.8, 4) is 5.75 Å². The Morgan fingerprint density at radius 3 is 3.33 bits per heavy atom. The van der Waals surface area contributed by atoms with E-state index in [2.05, 4.69) is 10.4 Å². The summed E-state index contributed by atoms with van der Waals surface area (Å²) in [6.45, 7) is 3.19. The van der Waals surface area contributed by atoms with Gasteiger partial charge in [0.05, 0.1) is 18.9 Å². The number of nitrogens with two attached hydrogens (primary N) is 1. The fraction of sp³-hybridized carbons (Fsp3) is 0.700. The predicted octanol–water partition coefficient (Wildman–Crippen LogP) is -0.0274. The first kappa shape index (κ1) is 10.4. The number of aromatic nitrogens is 2. The number of hydrogen-bond donors (Lipinski definition) is 2. The minimum Gasteiger partial charge on any atom is -0.489 e. The van der Waals surface area contributed by atoms with E-state index in [1.165, 1.54) is 12.8 Å². The topological polar surface area (TPSA) is 65.1 Å². The maximum absolute atomic E-state index is 5.63. The molecule has 1 aliphatic heterocycles. The van der Waals surface area contributed by atoms with Crippen molar-refractivity contribution in [2.75, 3.05) is 19.7 Å². The first-order valence-corrected chi connectivity index (χ1v) is 5.47. The van der Waals surface area contributed by atoms with Crippen molar-refractivity contribution in [2.45, 2.75) is 25.4 Å². The normalized spacial score (nSPS) is 20.7. The van der Waals surface area contributed by atoms with Crippen LogP contribution < -0.4 is 15.8 Å². The SMILES string of the molecule is NCCn1cc(OCC2CCCN2)cn1. The van der Waals surface area contributed by atoms with Crippen LogP contribution in [0.5, 0.6) is 5.75 Å². The molecule has 3 N–H and O–H groups in total. The number of nitrogens with zero attached hydrogens (tertiary/aromatic N) is 2. The lowest BCUT2D eigenvalue weighted by molar-refractivity contribution is 0.277. The molecule has 2 heterocycles. The van der Waals surface area contributed by atoms with Crippen LogP contribution in [0.15, 0.2) is 12.4 Å². The third-order valence-electron chi connectivity index (χ3n) is 2.58. The maximum Gasteiger partial charge on any atom is 0.157 e. The van der Waals surface area contributed by atoms with Gasteiger partial charge in [-0.2, -0.15) is 5.10 Å². The van der Waals surface area contributed by atoms with Crippen LogP contribution in [-0.4, -0.2) is 35.5 Å². The fourth-order valence-corrected chi connectivity index (χ4v) is 1.77. The molecule has 0 radical (unpaired) electrons. The van der Waals surface area contributed by atoms with E-state index in [1.807, 2.05) is 6.20 Å². The van der Waals surface area contributed by atoms with Crippen molar-refractivity contribution in [1.29, 1.82) is 0 Å². The third-order valence-corrected chi connectivity index (χ3v) is 2.58. The summed E-state index contributed by atoms with van der Waals surface area (Å²) in [5.74, 6) is 0.831. The zero-order valence-electron chi connectivity index (χ0n) is 8.85. The molecule has 1 unspecified atom stereocenters. The molecule has 0 aliphatic carbocycles. The predicted molar refractivity (Wildman–Crippen MR) is 57.8 cm³/mol. The smallest absolute Gasteiger partial charge is 0.157 e. The van der Waals surface area contributed by atoms with Gasteiger partial charge >= 0.3 is 0 Å². The van der Waals surface area contributed by atoms with Crippen LogP contribution in [0.1, 0.15) is 12.8 Å². The Balaban J connectivity index is 1.77. The summed E-state index contributed by atoms with van der Waals surface area (Å²) in [6, 6.07) is 0.503. The van der Waals surface area contributed by atoms with E-state index in [-0.39, 0.29) is 0 Å². The van der Waals surface area contributed by atoms with Crippen LogP contribution in [0.3, 0.4) is 0 Å². The highest BCUT2D eigenvalue weighted by Gasteiger charge is 2.14. The number of rotatable bonds is 5. The Morgan fingerprint density at radius 2 is 2.60 bits per heavy atom.